The van der Waals surface area contributed by atoms with Crippen molar-refractivity contribution in [2.45, 2.75) is 0 Å². The van der Waals surface area contributed by atoms with Crippen LogP contribution in [0.3, 0.4) is 0 Å². The molecule has 4 heteroatoms. The summed E-state index contributed by atoms with van der Waals surface area (Å²) < 4.78 is 8.43. The van der Waals surface area contributed by atoms with Gasteiger partial charge in [0.15, 0.2) is 5.78 Å². The summed E-state index contributed by atoms with van der Waals surface area (Å²) in [6.45, 7) is 0. The standard InChI is InChI=1S/C17H14INO2/c1-19-10-13(16-14(19)7-4-8-15(16)21-2)17(20)11-5-3-6-12(18)9-11/h3-10H,1-2H3. The summed E-state index contributed by atoms with van der Waals surface area (Å²) in [5, 5.41) is 0.867. The molecule has 3 aromatic rings. The fourth-order valence-corrected chi connectivity index (χ4v) is 3.08. The van der Waals surface area contributed by atoms with Crippen LogP contribution in [0.5, 0.6) is 5.75 Å². The maximum atomic E-state index is 12.8. The van der Waals surface area contributed by atoms with E-state index in [-0.39, 0.29) is 5.78 Å². The van der Waals surface area contributed by atoms with Crippen molar-refractivity contribution in [3.05, 3.63) is 63.4 Å². The average molecular weight is 391 g/mol. The van der Waals surface area contributed by atoms with Gasteiger partial charge in [0, 0.05) is 22.4 Å². The monoisotopic (exact) mass is 391 g/mol. The Labute approximate surface area is 136 Å². The minimum Gasteiger partial charge on any atom is -0.496 e. The molecule has 0 aliphatic rings. The number of aromatic nitrogens is 1. The van der Waals surface area contributed by atoms with Crippen LogP contribution in [0, 0.1) is 3.57 Å². The Bertz CT molecular complexity index is 836. The number of fused-ring (bicyclic) bond motifs is 1. The van der Waals surface area contributed by atoms with E-state index >= 15 is 0 Å². The van der Waals surface area contributed by atoms with Gasteiger partial charge in [0.05, 0.1) is 23.6 Å². The number of aryl methyl sites for hydroxylation is 1. The second-order valence-corrected chi connectivity index (χ2v) is 6.09. The number of hydrogen-bond acceptors (Lipinski definition) is 2. The van der Waals surface area contributed by atoms with E-state index in [1.165, 1.54) is 0 Å². The first kappa shape index (κ1) is 14.1. The molecular formula is C17H14INO2. The quantitative estimate of drug-likeness (QED) is 0.499. The van der Waals surface area contributed by atoms with Gasteiger partial charge in [-0.05, 0) is 46.9 Å². The number of benzene rings is 2. The first-order chi connectivity index (χ1) is 10.1. The fourth-order valence-electron chi connectivity index (χ4n) is 2.54. The van der Waals surface area contributed by atoms with Crippen LogP contribution in [0.2, 0.25) is 0 Å². The number of ketones is 1. The molecule has 106 valence electrons. The Balaban J connectivity index is 2.23. The maximum absolute atomic E-state index is 12.8. The number of carbonyl (C=O) groups is 1. The molecule has 0 radical (unpaired) electrons. The number of halogens is 1. The van der Waals surface area contributed by atoms with Gasteiger partial charge in [-0.2, -0.15) is 0 Å². The predicted molar refractivity (Wildman–Crippen MR) is 92.1 cm³/mol. The molecule has 0 N–H and O–H groups in total. The van der Waals surface area contributed by atoms with E-state index in [1.807, 2.05) is 60.3 Å². The zero-order chi connectivity index (χ0) is 15.0. The van der Waals surface area contributed by atoms with E-state index in [0.29, 0.717) is 11.1 Å². The summed E-state index contributed by atoms with van der Waals surface area (Å²) in [4.78, 5) is 12.8. The molecule has 1 aromatic heterocycles. The summed E-state index contributed by atoms with van der Waals surface area (Å²) in [5.41, 5.74) is 2.36. The predicted octanol–water partition coefficient (Wildman–Crippen LogP) is 4.02. The van der Waals surface area contributed by atoms with E-state index in [1.54, 1.807) is 7.11 Å². The van der Waals surface area contributed by atoms with Gasteiger partial charge in [0.1, 0.15) is 5.75 Å². The van der Waals surface area contributed by atoms with Crippen molar-refractivity contribution < 1.29 is 9.53 Å². The van der Waals surface area contributed by atoms with Gasteiger partial charge in [0.2, 0.25) is 0 Å². The van der Waals surface area contributed by atoms with Gasteiger partial charge in [-0.3, -0.25) is 4.79 Å². The molecule has 1 heterocycles. The third-order valence-electron chi connectivity index (χ3n) is 3.53. The zero-order valence-electron chi connectivity index (χ0n) is 11.8. The van der Waals surface area contributed by atoms with Crippen molar-refractivity contribution in [1.82, 2.24) is 4.57 Å². The highest BCUT2D eigenvalue weighted by atomic mass is 127. The lowest BCUT2D eigenvalue weighted by atomic mass is 10.0. The van der Waals surface area contributed by atoms with Crippen LogP contribution in [0.1, 0.15) is 15.9 Å². The fraction of sp³-hybridized carbons (Fsp3) is 0.118. The van der Waals surface area contributed by atoms with Crippen LogP contribution in [0.15, 0.2) is 48.7 Å². The topological polar surface area (TPSA) is 31.2 Å². The molecule has 0 aliphatic heterocycles. The first-order valence-electron chi connectivity index (χ1n) is 6.54. The summed E-state index contributed by atoms with van der Waals surface area (Å²) in [5.74, 6) is 0.741. The van der Waals surface area contributed by atoms with Gasteiger partial charge in [-0.15, -0.1) is 0 Å². The normalized spacial score (nSPS) is 10.8. The van der Waals surface area contributed by atoms with Gasteiger partial charge in [-0.25, -0.2) is 0 Å². The third kappa shape index (κ3) is 2.44. The highest BCUT2D eigenvalue weighted by Crippen LogP contribution is 2.31. The molecule has 0 amide bonds. The second kappa shape index (κ2) is 5.52. The summed E-state index contributed by atoms with van der Waals surface area (Å²) >= 11 is 2.21. The summed E-state index contributed by atoms with van der Waals surface area (Å²) in [6, 6.07) is 13.4. The van der Waals surface area contributed by atoms with Crippen molar-refractivity contribution in [2.24, 2.45) is 7.05 Å². The van der Waals surface area contributed by atoms with Gasteiger partial charge in [-0.1, -0.05) is 18.2 Å². The zero-order valence-corrected chi connectivity index (χ0v) is 13.9. The van der Waals surface area contributed by atoms with Crippen molar-refractivity contribution in [1.29, 1.82) is 0 Å². The van der Waals surface area contributed by atoms with E-state index in [0.717, 1.165) is 20.2 Å². The summed E-state index contributed by atoms with van der Waals surface area (Å²) in [6.07, 6.45) is 1.87. The molecule has 0 saturated heterocycles. The Morgan fingerprint density at radius 3 is 2.67 bits per heavy atom. The van der Waals surface area contributed by atoms with Gasteiger partial charge < -0.3 is 9.30 Å². The van der Waals surface area contributed by atoms with Crippen LogP contribution in [0.4, 0.5) is 0 Å². The molecule has 0 saturated carbocycles. The molecule has 3 nitrogen and oxygen atoms in total. The van der Waals surface area contributed by atoms with E-state index < -0.39 is 0 Å². The molecule has 3 rings (SSSR count). The molecule has 0 spiro atoms. The van der Waals surface area contributed by atoms with Crippen LogP contribution >= 0.6 is 22.6 Å². The molecule has 0 atom stereocenters. The minimum atomic E-state index is 0.0172. The highest BCUT2D eigenvalue weighted by Gasteiger charge is 2.18. The molecular weight excluding hydrogens is 377 g/mol. The largest absolute Gasteiger partial charge is 0.496 e. The molecule has 0 unspecified atom stereocenters. The minimum absolute atomic E-state index is 0.0172. The van der Waals surface area contributed by atoms with E-state index in [4.69, 9.17) is 4.74 Å². The van der Waals surface area contributed by atoms with Crippen LogP contribution in [-0.2, 0) is 7.05 Å². The van der Waals surface area contributed by atoms with E-state index in [2.05, 4.69) is 22.6 Å². The van der Waals surface area contributed by atoms with Crippen molar-refractivity contribution in [3.63, 3.8) is 0 Å². The maximum Gasteiger partial charge on any atom is 0.195 e. The summed E-state index contributed by atoms with van der Waals surface area (Å²) in [7, 11) is 3.56. The molecule has 2 aromatic carbocycles. The van der Waals surface area contributed by atoms with Crippen LogP contribution < -0.4 is 4.74 Å². The number of hydrogen-bond donors (Lipinski definition) is 0. The average Bonchev–Trinajstić information content (AvgIpc) is 2.84. The second-order valence-electron chi connectivity index (χ2n) is 4.85. The lowest BCUT2D eigenvalue weighted by Crippen LogP contribution is -2.01. The lowest BCUT2D eigenvalue weighted by Gasteiger charge is -2.05. The number of methoxy groups -OCH3 is 1. The lowest BCUT2D eigenvalue weighted by molar-refractivity contribution is 0.104. The van der Waals surface area contributed by atoms with Crippen molar-refractivity contribution in [2.75, 3.05) is 7.11 Å². The van der Waals surface area contributed by atoms with Crippen molar-refractivity contribution >= 4 is 39.3 Å². The Hall–Kier alpha value is -1.82. The Morgan fingerprint density at radius 2 is 1.95 bits per heavy atom. The van der Waals surface area contributed by atoms with Crippen LogP contribution in [0.25, 0.3) is 10.9 Å². The molecule has 0 bridgehead atoms. The van der Waals surface area contributed by atoms with Gasteiger partial charge >= 0.3 is 0 Å². The smallest absolute Gasteiger partial charge is 0.195 e. The Morgan fingerprint density at radius 1 is 1.19 bits per heavy atom. The number of nitrogens with zero attached hydrogens (tertiary/aromatic N) is 1. The van der Waals surface area contributed by atoms with Crippen LogP contribution in [-0.4, -0.2) is 17.5 Å². The highest BCUT2D eigenvalue weighted by molar-refractivity contribution is 14.1. The first-order valence-corrected chi connectivity index (χ1v) is 7.62. The number of rotatable bonds is 3. The SMILES string of the molecule is COc1cccc2c1c(C(=O)c1cccc(I)c1)cn2C. The molecule has 0 aliphatic carbocycles. The number of ether oxygens (including phenoxy) is 1. The molecule has 0 fully saturated rings. The third-order valence-corrected chi connectivity index (χ3v) is 4.20. The molecule has 21 heavy (non-hydrogen) atoms. The van der Waals surface area contributed by atoms with Crippen molar-refractivity contribution in [3.8, 4) is 5.75 Å². The van der Waals surface area contributed by atoms with Gasteiger partial charge in [0.25, 0.3) is 0 Å². The Kier molecular flexibility index (Phi) is 3.71. The van der Waals surface area contributed by atoms with E-state index in [9.17, 15) is 4.79 Å². The number of carbonyl (C=O) groups excluding carboxylic acids is 1.